The number of halogens is 2. The summed E-state index contributed by atoms with van der Waals surface area (Å²) in [5.41, 5.74) is 4.93. The predicted molar refractivity (Wildman–Crippen MR) is 59.5 cm³/mol. The van der Waals surface area contributed by atoms with E-state index in [0.29, 0.717) is 0 Å². The van der Waals surface area contributed by atoms with Crippen LogP contribution in [0.2, 0.25) is 0 Å². The number of non-ortho nitro benzene ring substituents is 1. The molecule has 1 aromatic carbocycles. The number of nitrogens with zero attached hydrogens (tertiary/aromatic N) is 1. The Morgan fingerprint density at radius 2 is 2.18 bits per heavy atom. The number of aliphatic carboxylic acids is 1. The molecule has 8 heteroatoms. The number of hydrogen-bond acceptors (Lipinski definition) is 4. The fourth-order valence-electron chi connectivity index (χ4n) is 1.23. The number of nitro benzene ring substituents is 1. The van der Waals surface area contributed by atoms with Gasteiger partial charge in [-0.1, -0.05) is 0 Å². The number of nitro groups is 1. The van der Waals surface area contributed by atoms with E-state index < -0.39 is 29.2 Å². The normalized spacial score (nSPS) is 11.4. The van der Waals surface area contributed by atoms with Crippen molar-refractivity contribution in [3.8, 4) is 0 Å². The molecule has 94 valence electrons. The second-order valence-electron chi connectivity index (χ2n) is 3.17. The predicted octanol–water partition coefficient (Wildman–Crippen LogP) is 1.63. The monoisotopic (exact) mass is 264 g/mol. The van der Waals surface area contributed by atoms with Crippen molar-refractivity contribution < 1.29 is 19.2 Å². The molecule has 0 radical (unpaired) electrons. The maximum Gasteiger partial charge on any atom is 0.305 e. The van der Waals surface area contributed by atoms with E-state index >= 15 is 0 Å². The summed E-state index contributed by atoms with van der Waals surface area (Å²) < 4.78 is 13.2. The summed E-state index contributed by atoms with van der Waals surface area (Å²) in [7, 11) is 0. The Balaban J connectivity index is 0.00000256. The molecule has 3 N–H and O–H groups in total. The summed E-state index contributed by atoms with van der Waals surface area (Å²) in [4.78, 5) is 20.1. The van der Waals surface area contributed by atoms with E-state index in [0.717, 1.165) is 18.2 Å². The molecule has 1 atom stereocenters. The number of rotatable bonds is 4. The largest absolute Gasteiger partial charge is 0.481 e. The third-order valence-corrected chi connectivity index (χ3v) is 1.98. The summed E-state index contributed by atoms with van der Waals surface area (Å²) in [5.74, 6) is -1.95. The molecule has 0 aromatic heterocycles. The number of carboxylic acids is 1. The second kappa shape index (κ2) is 6.12. The molecule has 1 aromatic rings. The zero-order valence-corrected chi connectivity index (χ0v) is 9.32. The zero-order chi connectivity index (χ0) is 12.3. The van der Waals surface area contributed by atoms with Crippen LogP contribution < -0.4 is 5.73 Å². The van der Waals surface area contributed by atoms with Crippen LogP contribution in [0, 0.1) is 15.9 Å². The van der Waals surface area contributed by atoms with Gasteiger partial charge in [-0.25, -0.2) is 4.39 Å². The molecule has 0 saturated heterocycles. The fraction of sp³-hybridized carbons (Fsp3) is 0.222. The average molecular weight is 265 g/mol. The summed E-state index contributed by atoms with van der Waals surface area (Å²) in [6, 6.07) is 1.74. The molecule has 0 saturated carbocycles. The number of nitrogens with two attached hydrogens (primary N) is 1. The molecule has 17 heavy (non-hydrogen) atoms. The van der Waals surface area contributed by atoms with Crippen LogP contribution >= 0.6 is 12.4 Å². The average Bonchev–Trinajstić information content (AvgIpc) is 2.16. The van der Waals surface area contributed by atoms with Crippen molar-refractivity contribution >= 4 is 24.1 Å². The van der Waals surface area contributed by atoms with E-state index in [1.54, 1.807) is 0 Å². The summed E-state index contributed by atoms with van der Waals surface area (Å²) in [5, 5.41) is 18.9. The van der Waals surface area contributed by atoms with Crippen LogP contribution in [0.15, 0.2) is 18.2 Å². The summed E-state index contributed by atoms with van der Waals surface area (Å²) in [6.45, 7) is 0. The van der Waals surface area contributed by atoms with Crippen LogP contribution in [0.5, 0.6) is 0 Å². The Labute approximate surface area is 102 Å². The Morgan fingerprint density at radius 1 is 1.59 bits per heavy atom. The fourth-order valence-corrected chi connectivity index (χ4v) is 1.23. The molecule has 0 amide bonds. The zero-order valence-electron chi connectivity index (χ0n) is 8.50. The molecule has 1 unspecified atom stereocenters. The van der Waals surface area contributed by atoms with Gasteiger partial charge in [-0.2, -0.15) is 0 Å². The lowest BCUT2D eigenvalue weighted by atomic mass is 10.0. The molecule has 0 heterocycles. The Morgan fingerprint density at radius 3 is 2.65 bits per heavy atom. The lowest BCUT2D eigenvalue weighted by molar-refractivity contribution is -0.385. The minimum atomic E-state index is -1.20. The smallest absolute Gasteiger partial charge is 0.305 e. The summed E-state index contributed by atoms with van der Waals surface area (Å²) >= 11 is 0. The Hall–Kier alpha value is -1.73. The highest BCUT2D eigenvalue weighted by molar-refractivity contribution is 5.85. The molecule has 0 aliphatic rings. The highest BCUT2D eigenvalue weighted by Gasteiger charge is 2.18. The van der Waals surface area contributed by atoms with E-state index in [1.165, 1.54) is 0 Å². The van der Waals surface area contributed by atoms with E-state index in [2.05, 4.69) is 0 Å². The Bertz CT molecular complexity index is 441. The highest BCUT2D eigenvalue weighted by atomic mass is 35.5. The first kappa shape index (κ1) is 15.3. The maximum atomic E-state index is 13.2. The van der Waals surface area contributed by atoms with Crippen LogP contribution in [0.3, 0.4) is 0 Å². The van der Waals surface area contributed by atoms with Crippen molar-refractivity contribution in [3.05, 3.63) is 39.7 Å². The van der Waals surface area contributed by atoms with Crippen LogP contribution in [-0.2, 0) is 4.79 Å². The standard InChI is InChI=1S/C9H9FN2O4.ClH/c10-7-2-1-5(12(15)16)3-6(7)8(11)4-9(13)14;/h1-3,8H,4,11H2,(H,13,14);1H. The van der Waals surface area contributed by atoms with Crippen molar-refractivity contribution in [1.29, 1.82) is 0 Å². The first-order valence-electron chi connectivity index (χ1n) is 4.33. The van der Waals surface area contributed by atoms with Crippen molar-refractivity contribution in [2.45, 2.75) is 12.5 Å². The lowest BCUT2D eigenvalue weighted by Gasteiger charge is -2.09. The van der Waals surface area contributed by atoms with Gasteiger partial charge in [0.15, 0.2) is 0 Å². The van der Waals surface area contributed by atoms with Crippen LogP contribution in [0.4, 0.5) is 10.1 Å². The van der Waals surface area contributed by atoms with Crippen molar-refractivity contribution in [2.24, 2.45) is 5.73 Å². The maximum absolute atomic E-state index is 13.2. The van der Waals surface area contributed by atoms with Crippen molar-refractivity contribution in [3.63, 3.8) is 0 Å². The van der Waals surface area contributed by atoms with Gasteiger partial charge in [0.2, 0.25) is 0 Å². The molecule has 1 rings (SSSR count). The molecule has 0 aliphatic heterocycles. The first-order valence-corrected chi connectivity index (χ1v) is 4.33. The van der Waals surface area contributed by atoms with Gasteiger partial charge in [-0.05, 0) is 6.07 Å². The van der Waals surface area contributed by atoms with Crippen LogP contribution in [0.1, 0.15) is 18.0 Å². The molecule has 0 spiro atoms. The van der Waals surface area contributed by atoms with Gasteiger partial charge in [0.1, 0.15) is 5.82 Å². The number of carbonyl (C=O) groups is 1. The third kappa shape index (κ3) is 3.97. The minimum Gasteiger partial charge on any atom is -0.481 e. The molecule has 6 nitrogen and oxygen atoms in total. The van der Waals surface area contributed by atoms with Crippen LogP contribution in [-0.4, -0.2) is 16.0 Å². The molecule has 0 fully saturated rings. The van der Waals surface area contributed by atoms with Gasteiger partial charge in [0.05, 0.1) is 11.3 Å². The van der Waals surface area contributed by atoms with E-state index in [9.17, 15) is 19.3 Å². The number of hydrogen-bond donors (Lipinski definition) is 2. The molecule has 0 bridgehead atoms. The van der Waals surface area contributed by atoms with E-state index in [4.69, 9.17) is 10.8 Å². The van der Waals surface area contributed by atoms with Crippen molar-refractivity contribution in [2.75, 3.05) is 0 Å². The second-order valence-corrected chi connectivity index (χ2v) is 3.17. The number of benzene rings is 1. The van der Waals surface area contributed by atoms with Gasteiger partial charge in [0, 0.05) is 23.7 Å². The SMILES string of the molecule is Cl.NC(CC(=O)O)c1cc([N+](=O)[O-])ccc1F. The third-order valence-electron chi connectivity index (χ3n) is 1.98. The van der Waals surface area contributed by atoms with Gasteiger partial charge in [0.25, 0.3) is 5.69 Å². The molecule has 0 aliphatic carbocycles. The topological polar surface area (TPSA) is 106 Å². The highest BCUT2D eigenvalue weighted by Crippen LogP contribution is 2.23. The first-order chi connectivity index (χ1) is 7.41. The van der Waals surface area contributed by atoms with Crippen LogP contribution in [0.25, 0.3) is 0 Å². The van der Waals surface area contributed by atoms with Gasteiger partial charge in [-0.15, -0.1) is 12.4 Å². The van der Waals surface area contributed by atoms with Gasteiger partial charge < -0.3 is 10.8 Å². The van der Waals surface area contributed by atoms with E-state index in [-0.39, 0.29) is 23.7 Å². The lowest BCUT2D eigenvalue weighted by Crippen LogP contribution is -2.16. The quantitative estimate of drug-likeness (QED) is 0.635. The van der Waals surface area contributed by atoms with Crippen molar-refractivity contribution in [1.82, 2.24) is 0 Å². The summed E-state index contributed by atoms with van der Waals surface area (Å²) in [6.07, 6.45) is -0.488. The van der Waals surface area contributed by atoms with E-state index in [1.807, 2.05) is 0 Å². The Kier molecular flexibility index (Phi) is 5.49. The number of carboxylic acid groups (broad SMARTS) is 1. The van der Waals surface area contributed by atoms with Gasteiger partial charge in [-0.3, -0.25) is 14.9 Å². The molecular weight excluding hydrogens is 255 g/mol. The van der Waals surface area contributed by atoms with Gasteiger partial charge >= 0.3 is 5.97 Å². The molecular formula is C9H10ClFN2O4. The minimum absolute atomic E-state index is 0.